The van der Waals surface area contributed by atoms with Crippen LogP contribution >= 0.6 is 0 Å². The Morgan fingerprint density at radius 1 is 1.10 bits per heavy atom. The summed E-state index contributed by atoms with van der Waals surface area (Å²) in [6.45, 7) is 5.05. The molecule has 20 heavy (non-hydrogen) atoms. The SMILES string of the molecule is CC(=O)OC1CCC(c2ccc(C)c(C(C)=O)c2)CC1. The van der Waals surface area contributed by atoms with Gasteiger partial charge in [0.1, 0.15) is 6.10 Å². The van der Waals surface area contributed by atoms with Crippen molar-refractivity contribution in [1.29, 1.82) is 0 Å². The van der Waals surface area contributed by atoms with Crippen molar-refractivity contribution >= 4 is 11.8 Å². The third-order valence-corrected chi connectivity index (χ3v) is 4.12. The molecule has 0 N–H and O–H groups in total. The highest BCUT2D eigenvalue weighted by atomic mass is 16.5. The molecule has 1 aromatic carbocycles. The lowest BCUT2D eigenvalue weighted by molar-refractivity contribution is -0.147. The maximum absolute atomic E-state index is 11.6. The van der Waals surface area contributed by atoms with Crippen LogP contribution in [0.2, 0.25) is 0 Å². The van der Waals surface area contributed by atoms with Gasteiger partial charge in [-0.05, 0) is 62.6 Å². The van der Waals surface area contributed by atoms with Crippen molar-refractivity contribution in [1.82, 2.24) is 0 Å². The second-order valence-electron chi connectivity index (χ2n) is 5.71. The topological polar surface area (TPSA) is 43.4 Å². The third-order valence-electron chi connectivity index (χ3n) is 4.12. The van der Waals surface area contributed by atoms with E-state index < -0.39 is 0 Å². The Labute approximate surface area is 120 Å². The number of aryl methyl sites for hydroxylation is 1. The molecule has 1 saturated carbocycles. The molecular weight excluding hydrogens is 252 g/mol. The molecule has 1 aliphatic carbocycles. The molecule has 0 aliphatic heterocycles. The van der Waals surface area contributed by atoms with E-state index in [-0.39, 0.29) is 17.9 Å². The number of ketones is 1. The molecule has 108 valence electrons. The van der Waals surface area contributed by atoms with E-state index in [0.29, 0.717) is 5.92 Å². The van der Waals surface area contributed by atoms with Crippen molar-refractivity contribution < 1.29 is 14.3 Å². The molecule has 0 heterocycles. The minimum Gasteiger partial charge on any atom is -0.463 e. The highest BCUT2D eigenvalue weighted by Crippen LogP contribution is 2.34. The Morgan fingerprint density at radius 2 is 1.75 bits per heavy atom. The molecule has 0 saturated heterocycles. The molecule has 0 unspecified atom stereocenters. The Bertz CT molecular complexity index is 511. The normalized spacial score (nSPS) is 22.4. The second kappa shape index (κ2) is 6.21. The first-order chi connectivity index (χ1) is 9.47. The van der Waals surface area contributed by atoms with Crippen LogP contribution in [0.3, 0.4) is 0 Å². The average Bonchev–Trinajstić information content (AvgIpc) is 2.39. The second-order valence-corrected chi connectivity index (χ2v) is 5.71. The van der Waals surface area contributed by atoms with Gasteiger partial charge in [-0.1, -0.05) is 12.1 Å². The molecule has 0 aromatic heterocycles. The highest BCUT2D eigenvalue weighted by Gasteiger charge is 2.24. The standard InChI is InChI=1S/C17H22O3/c1-11-4-5-15(10-17(11)12(2)18)14-6-8-16(9-7-14)20-13(3)19/h4-5,10,14,16H,6-9H2,1-3H3. The van der Waals surface area contributed by atoms with Gasteiger partial charge in [0.15, 0.2) is 5.78 Å². The van der Waals surface area contributed by atoms with Gasteiger partial charge in [-0.25, -0.2) is 0 Å². The number of hydrogen-bond donors (Lipinski definition) is 0. The maximum Gasteiger partial charge on any atom is 0.302 e. The molecule has 2 rings (SSSR count). The van der Waals surface area contributed by atoms with Crippen molar-refractivity contribution in [2.75, 3.05) is 0 Å². The molecular formula is C17H22O3. The first kappa shape index (κ1) is 14.8. The zero-order chi connectivity index (χ0) is 14.7. The first-order valence-corrected chi connectivity index (χ1v) is 7.26. The molecule has 0 radical (unpaired) electrons. The molecule has 0 bridgehead atoms. The lowest BCUT2D eigenvalue weighted by Gasteiger charge is -2.28. The quantitative estimate of drug-likeness (QED) is 0.622. The number of carbonyl (C=O) groups excluding carboxylic acids is 2. The van der Waals surface area contributed by atoms with E-state index in [1.807, 2.05) is 19.1 Å². The van der Waals surface area contributed by atoms with Gasteiger partial charge < -0.3 is 4.74 Å². The largest absolute Gasteiger partial charge is 0.463 e. The molecule has 0 atom stereocenters. The van der Waals surface area contributed by atoms with E-state index in [9.17, 15) is 9.59 Å². The summed E-state index contributed by atoms with van der Waals surface area (Å²) in [5.74, 6) is 0.404. The molecule has 1 aliphatic rings. The van der Waals surface area contributed by atoms with Crippen LogP contribution in [0.4, 0.5) is 0 Å². The fraction of sp³-hybridized carbons (Fsp3) is 0.529. The summed E-state index contributed by atoms with van der Waals surface area (Å²) >= 11 is 0. The summed E-state index contributed by atoms with van der Waals surface area (Å²) in [5.41, 5.74) is 3.10. The van der Waals surface area contributed by atoms with Crippen LogP contribution in [0.1, 0.15) is 66.9 Å². The number of hydrogen-bond acceptors (Lipinski definition) is 3. The van der Waals surface area contributed by atoms with Gasteiger partial charge >= 0.3 is 5.97 Å². The van der Waals surface area contributed by atoms with Crippen molar-refractivity contribution in [3.05, 3.63) is 34.9 Å². The van der Waals surface area contributed by atoms with Gasteiger partial charge in [-0.2, -0.15) is 0 Å². The summed E-state index contributed by atoms with van der Waals surface area (Å²) in [4.78, 5) is 22.6. The number of benzene rings is 1. The first-order valence-electron chi connectivity index (χ1n) is 7.26. The average molecular weight is 274 g/mol. The van der Waals surface area contributed by atoms with Crippen LogP contribution in [0, 0.1) is 6.92 Å². The molecule has 1 fully saturated rings. The maximum atomic E-state index is 11.6. The summed E-state index contributed by atoms with van der Waals surface area (Å²) in [6, 6.07) is 6.19. The number of ether oxygens (including phenoxy) is 1. The smallest absolute Gasteiger partial charge is 0.302 e. The third kappa shape index (κ3) is 3.47. The van der Waals surface area contributed by atoms with E-state index in [2.05, 4.69) is 6.07 Å². The van der Waals surface area contributed by atoms with Crippen LogP contribution in [0.15, 0.2) is 18.2 Å². The van der Waals surface area contributed by atoms with Crippen LogP contribution in [-0.2, 0) is 9.53 Å². The van der Waals surface area contributed by atoms with Gasteiger partial charge in [-0.15, -0.1) is 0 Å². The van der Waals surface area contributed by atoms with Crippen molar-refractivity contribution in [2.45, 2.75) is 58.5 Å². The van der Waals surface area contributed by atoms with Crippen LogP contribution in [0.25, 0.3) is 0 Å². The van der Waals surface area contributed by atoms with E-state index in [4.69, 9.17) is 4.74 Å². The molecule has 0 amide bonds. The van der Waals surface area contributed by atoms with Crippen LogP contribution < -0.4 is 0 Å². The molecule has 1 aromatic rings. The van der Waals surface area contributed by atoms with Gasteiger partial charge in [0.2, 0.25) is 0 Å². The Hall–Kier alpha value is -1.64. The number of carbonyl (C=O) groups is 2. The van der Waals surface area contributed by atoms with Crippen LogP contribution in [-0.4, -0.2) is 17.9 Å². The minimum absolute atomic E-state index is 0.0708. The summed E-state index contributed by atoms with van der Waals surface area (Å²) in [7, 11) is 0. The molecule has 0 spiro atoms. The Morgan fingerprint density at radius 3 is 2.30 bits per heavy atom. The van der Waals surface area contributed by atoms with Crippen molar-refractivity contribution in [3.63, 3.8) is 0 Å². The number of Topliss-reactive ketones (excluding diaryl/α,β-unsaturated/α-hetero) is 1. The predicted molar refractivity (Wildman–Crippen MR) is 77.9 cm³/mol. The zero-order valence-corrected chi connectivity index (χ0v) is 12.4. The fourth-order valence-electron chi connectivity index (χ4n) is 3.02. The van der Waals surface area contributed by atoms with E-state index >= 15 is 0 Å². The number of rotatable bonds is 3. The lowest BCUT2D eigenvalue weighted by Crippen LogP contribution is -2.22. The zero-order valence-electron chi connectivity index (χ0n) is 12.4. The van der Waals surface area contributed by atoms with Gasteiger partial charge in [0.05, 0.1) is 0 Å². The highest BCUT2D eigenvalue weighted by molar-refractivity contribution is 5.95. The van der Waals surface area contributed by atoms with Gasteiger partial charge in [0.25, 0.3) is 0 Å². The van der Waals surface area contributed by atoms with E-state index in [0.717, 1.165) is 36.8 Å². The molecule has 3 heteroatoms. The van der Waals surface area contributed by atoms with Gasteiger partial charge in [-0.3, -0.25) is 9.59 Å². The monoisotopic (exact) mass is 274 g/mol. The predicted octanol–water partition coefficient (Wildman–Crippen LogP) is 3.79. The summed E-state index contributed by atoms with van der Waals surface area (Å²) in [6.07, 6.45) is 3.92. The Balaban J connectivity index is 2.05. The van der Waals surface area contributed by atoms with Crippen molar-refractivity contribution in [2.24, 2.45) is 0 Å². The fourth-order valence-corrected chi connectivity index (χ4v) is 3.02. The summed E-state index contributed by atoms with van der Waals surface area (Å²) < 4.78 is 5.26. The lowest BCUT2D eigenvalue weighted by atomic mass is 9.81. The van der Waals surface area contributed by atoms with Crippen LogP contribution in [0.5, 0.6) is 0 Å². The van der Waals surface area contributed by atoms with Gasteiger partial charge in [0, 0.05) is 12.5 Å². The van der Waals surface area contributed by atoms with E-state index in [1.54, 1.807) is 6.92 Å². The Kier molecular flexibility index (Phi) is 4.58. The van der Waals surface area contributed by atoms with E-state index in [1.165, 1.54) is 12.5 Å². The number of esters is 1. The minimum atomic E-state index is -0.192. The van der Waals surface area contributed by atoms with Crippen molar-refractivity contribution in [3.8, 4) is 0 Å². The summed E-state index contributed by atoms with van der Waals surface area (Å²) in [5, 5.41) is 0. The molecule has 3 nitrogen and oxygen atoms in total.